The smallest absolute Gasteiger partial charge is 0.317 e. The highest BCUT2D eigenvalue weighted by molar-refractivity contribution is 5.77. The second kappa shape index (κ2) is 5.96. The second-order valence-corrected chi connectivity index (χ2v) is 4.90. The van der Waals surface area contributed by atoms with E-state index in [-0.39, 0.29) is 19.2 Å². The van der Waals surface area contributed by atoms with Crippen LogP contribution < -0.4 is 5.32 Å². The zero-order valence-corrected chi connectivity index (χ0v) is 11.5. The Hall–Kier alpha value is -2.02. The number of hydrogen-bond donors (Lipinski definition) is 2. The van der Waals surface area contributed by atoms with Gasteiger partial charge in [0, 0.05) is 12.6 Å². The fourth-order valence-corrected chi connectivity index (χ4v) is 2.11. The molecule has 1 aromatic rings. The maximum Gasteiger partial charge on any atom is 0.317 e. The Morgan fingerprint density at radius 1 is 1.50 bits per heavy atom. The molecule has 0 saturated carbocycles. The molecule has 7 heteroatoms. The van der Waals surface area contributed by atoms with E-state index in [2.05, 4.69) is 5.32 Å². The number of rotatable bonds is 4. The van der Waals surface area contributed by atoms with Crippen molar-refractivity contribution in [2.75, 3.05) is 20.3 Å². The van der Waals surface area contributed by atoms with E-state index in [0.717, 1.165) is 11.3 Å². The summed E-state index contributed by atoms with van der Waals surface area (Å²) in [5, 5.41) is 11.7. The second-order valence-electron chi connectivity index (χ2n) is 4.90. The van der Waals surface area contributed by atoms with E-state index in [0.29, 0.717) is 6.54 Å². The van der Waals surface area contributed by atoms with Crippen LogP contribution in [0.4, 0.5) is 4.79 Å². The number of nitrogens with one attached hydrogen (secondary N) is 1. The van der Waals surface area contributed by atoms with E-state index in [1.54, 1.807) is 19.4 Å². The average molecular weight is 282 g/mol. The van der Waals surface area contributed by atoms with Crippen molar-refractivity contribution in [2.45, 2.75) is 19.5 Å². The van der Waals surface area contributed by atoms with Crippen molar-refractivity contribution in [1.82, 2.24) is 10.2 Å². The molecule has 2 N–H and O–H groups in total. The van der Waals surface area contributed by atoms with Gasteiger partial charge in [-0.05, 0) is 13.0 Å². The van der Waals surface area contributed by atoms with Crippen LogP contribution in [-0.2, 0) is 16.1 Å². The standard InChI is InChI=1S/C13H18N2O5/c1-8-9(3-4-20-8)5-15(2)13(18)14-11-7-19-6-10(11)12(16)17/h3-4,10-11H,5-7H2,1-2H3,(H,14,18)(H,16,17). The lowest BCUT2D eigenvalue weighted by atomic mass is 10.0. The van der Waals surface area contributed by atoms with Crippen molar-refractivity contribution in [3.8, 4) is 0 Å². The van der Waals surface area contributed by atoms with Crippen LogP contribution in [0.1, 0.15) is 11.3 Å². The highest BCUT2D eigenvalue weighted by Gasteiger charge is 2.35. The molecule has 2 amide bonds. The van der Waals surface area contributed by atoms with Gasteiger partial charge in [0.15, 0.2) is 0 Å². The summed E-state index contributed by atoms with van der Waals surface area (Å²) < 4.78 is 10.3. The molecule has 1 aliphatic rings. The van der Waals surface area contributed by atoms with Crippen molar-refractivity contribution in [3.05, 3.63) is 23.7 Å². The number of aryl methyl sites for hydroxylation is 1. The summed E-state index contributed by atoms with van der Waals surface area (Å²) in [5.41, 5.74) is 0.917. The zero-order chi connectivity index (χ0) is 14.7. The van der Waals surface area contributed by atoms with Crippen LogP contribution >= 0.6 is 0 Å². The summed E-state index contributed by atoms with van der Waals surface area (Å²) in [5.74, 6) is -0.888. The number of ether oxygens (including phenoxy) is 1. The molecule has 0 bridgehead atoms. The quantitative estimate of drug-likeness (QED) is 0.853. The molecule has 20 heavy (non-hydrogen) atoms. The summed E-state index contributed by atoms with van der Waals surface area (Å²) in [6.45, 7) is 2.58. The number of amides is 2. The Labute approximate surface area is 116 Å². The molecule has 0 aliphatic carbocycles. The van der Waals surface area contributed by atoms with E-state index in [9.17, 15) is 9.59 Å². The van der Waals surface area contributed by atoms with Gasteiger partial charge in [0.25, 0.3) is 0 Å². The highest BCUT2D eigenvalue weighted by Crippen LogP contribution is 2.15. The first-order valence-corrected chi connectivity index (χ1v) is 6.34. The van der Waals surface area contributed by atoms with Gasteiger partial charge in [0.1, 0.15) is 11.7 Å². The van der Waals surface area contributed by atoms with Crippen molar-refractivity contribution < 1.29 is 23.8 Å². The fraction of sp³-hybridized carbons (Fsp3) is 0.538. The van der Waals surface area contributed by atoms with Crippen LogP contribution in [0.15, 0.2) is 16.7 Å². The van der Waals surface area contributed by atoms with Gasteiger partial charge < -0.3 is 24.5 Å². The lowest BCUT2D eigenvalue weighted by molar-refractivity contribution is -0.142. The first-order chi connectivity index (χ1) is 9.49. The van der Waals surface area contributed by atoms with E-state index in [1.807, 2.05) is 6.92 Å². The van der Waals surface area contributed by atoms with Crippen molar-refractivity contribution >= 4 is 12.0 Å². The number of hydrogen-bond acceptors (Lipinski definition) is 4. The normalized spacial score (nSPS) is 21.7. The number of carboxylic acids is 1. The molecular formula is C13H18N2O5. The molecule has 2 unspecified atom stereocenters. The average Bonchev–Trinajstić information content (AvgIpc) is 2.99. The topological polar surface area (TPSA) is 92.0 Å². The highest BCUT2D eigenvalue weighted by atomic mass is 16.5. The lowest BCUT2D eigenvalue weighted by Crippen LogP contribution is -2.47. The number of carbonyl (C=O) groups is 2. The van der Waals surface area contributed by atoms with Crippen LogP contribution in [0.3, 0.4) is 0 Å². The van der Waals surface area contributed by atoms with Crippen LogP contribution in [0.2, 0.25) is 0 Å². The largest absolute Gasteiger partial charge is 0.481 e. The van der Waals surface area contributed by atoms with Crippen LogP contribution in [0, 0.1) is 12.8 Å². The Morgan fingerprint density at radius 3 is 2.85 bits per heavy atom. The molecule has 0 radical (unpaired) electrons. The van der Waals surface area contributed by atoms with Gasteiger partial charge in [-0.1, -0.05) is 0 Å². The van der Waals surface area contributed by atoms with Crippen LogP contribution in [0.5, 0.6) is 0 Å². The minimum absolute atomic E-state index is 0.130. The maximum absolute atomic E-state index is 12.0. The summed E-state index contributed by atoms with van der Waals surface area (Å²) in [4.78, 5) is 24.5. The molecule has 110 valence electrons. The molecule has 0 spiro atoms. The Balaban J connectivity index is 1.91. The number of carbonyl (C=O) groups excluding carboxylic acids is 1. The number of urea groups is 1. The van der Waals surface area contributed by atoms with Crippen molar-refractivity contribution in [3.63, 3.8) is 0 Å². The van der Waals surface area contributed by atoms with Crippen molar-refractivity contribution in [1.29, 1.82) is 0 Å². The lowest BCUT2D eigenvalue weighted by Gasteiger charge is -2.22. The number of aliphatic carboxylic acids is 1. The first-order valence-electron chi connectivity index (χ1n) is 6.34. The fourth-order valence-electron chi connectivity index (χ4n) is 2.11. The summed E-state index contributed by atoms with van der Waals surface area (Å²) in [7, 11) is 1.65. The van der Waals surface area contributed by atoms with Gasteiger partial charge in [0.05, 0.1) is 32.1 Å². The predicted octanol–water partition coefficient (Wildman–Crippen LogP) is 0.829. The molecule has 2 atom stereocenters. The Morgan fingerprint density at radius 2 is 2.25 bits per heavy atom. The van der Waals surface area contributed by atoms with Crippen LogP contribution in [0.25, 0.3) is 0 Å². The van der Waals surface area contributed by atoms with Crippen molar-refractivity contribution in [2.24, 2.45) is 5.92 Å². The van der Waals surface area contributed by atoms with E-state index < -0.39 is 17.9 Å². The summed E-state index contributed by atoms with van der Waals surface area (Å²) >= 11 is 0. The van der Waals surface area contributed by atoms with Gasteiger partial charge in [0.2, 0.25) is 0 Å². The summed E-state index contributed by atoms with van der Waals surface area (Å²) in [6.07, 6.45) is 1.57. The number of furan rings is 1. The van der Waals surface area contributed by atoms with Crippen LogP contribution in [-0.4, -0.2) is 48.3 Å². The first kappa shape index (κ1) is 14.4. The molecule has 1 aromatic heterocycles. The monoisotopic (exact) mass is 282 g/mol. The minimum Gasteiger partial charge on any atom is -0.481 e. The molecule has 0 aromatic carbocycles. The third-order valence-corrected chi connectivity index (χ3v) is 3.43. The van der Waals surface area contributed by atoms with Gasteiger partial charge in [-0.2, -0.15) is 0 Å². The van der Waals surface area contributed by atoms with E-state index in [1.165, 1.54) is 4.90 Å². The molecule has 2 heterocycles. The third-order valence-electron chi connectivity index (χ3n) is 3.43. The van der Waals surface area contributed by atoms with Gasteiger partial charge >= 0.3 is 12.0 Å². The molecule has 1 aliphatic heterocycles. The molecule has 1 saturated heterocycles. The van der Waals surface area contributed by atoms with Gasteiger partial charge in [-0.25, -0.2) is 4.79 Å². The Kier molecular flexibility index (Phi) is 4.29. The maximum atomic E-state index is 12.0. The van der Waals surface area contributed by atoms with Gasteiger partial charge in [-0.3, -0.25) is 4.79 Å². The predicted molar refractivity (Wildman–Crippen MR) is 69.2 cm³/mol. The molecular weight excluding hydrogens is 264 g/mol. The molecule has 7 nitrogen and oxygen atoms in total. The molecule has 1 fully saturated rings. The minimum atomic E-state index is -0.957. The Bertz CT molecular complexity index is 499. The summed E-state index contributed by atoms with van der Waals surface area (Å²) in [6, 6.07) is 0.984. The number of carboxylic acid groups (broad SMARTS) is 1. The number of nitrogens with zero attached hydrogens (tertiary/aromatic N) is 1. The zero-order valence-electron chi connectivity index (χ0n) is 11.5. The SMILES string of the molecule is Cc1occc1CN(C)C(=O)NC1COCC1C(=O)O. The van der Waals surface area contributed by atoms with E-state index >= 15 is 0 Å². The van der Waals surface area contributed by atoms with Gasteiger partial charge in [-0.15, -0.1) is 0 Å². The molecule has 2 rings (SSSR count). The van der Waals surface area contributed by atoms with E-state index in [4.69, 9.17) is 14.3 Å². The third kappa shape index (κ3) is 3.11.